The molecule has 0 aromatic carbocycles. The van der Waals surface area contributed by atoms with Crippen LogP contribution >= 0.6 is 0 Å². The molecule has 2 heterocycles. The molecule has 0 radical (unpaired) electrons. The number of hydrogen-bond acceptors (Lipinski definition) is 5. The van der Waals surface area contributed by atoms with Crippen molar-refractivity contribution in [3.8, 4) is 5.88 Å². The first-order chi connectivity index (χ1) is 7.29. The van der Waals surface area contributed by atoms with Crippen molar-refractivity contribution in [1.29, 1.82) is 0 Å². The second-order valence-corrected chi connectivity index (χ2v) is 3.06. The number of anilines is 1. The van der Waals surface area contributed by atoms with Crippen molar-refractivity contribution in [2.24, 2.45) is 0 Å². The Labute approximate surface area is 86.9 Å². The van der Waals surface area contributed by atoms with Crippen molar-refractivity contribution < 1.29 is 9.15 Å². The van der Waals surface area contributed by atoms with Crippen molar-refractivity contribution in [3.05, 3.63) is 35.9 Å². The summed E-state index contributed by atoms with van der Waals surface area (Å²) in [5.41, 5.74) is 6.94. The molecule has 5 heteroatoms. The molecular weight excluding hydrogens is 194 g/mol. The Bertz CT molecular complexity index is 440. The van der Waals surface area contributed by atoms with Crippen LogP contribution in [0.25, 0.3) is 0 Å². The average molecular weight is 205 g/mol. The summed E-state index contributed by atoms with van der Waals surface area (Å²) < 4.78 is 10.1. The average Bonchev–Trinajstić information content (AvgIpc) is 2.71. The molecule has 78 valence electrons. The maximum absolute atomic E-state index is 5.70. The van der Waals surface area contributed by atoms with Gasteiger partial charge in [-0.05, 0) is 18.2 Å². The second-order valence-electron chi connectivity index (χ2n) is 3.06. The van der Waals surface area contributed by atoms with E-state index in [9.17, 15) is 0 Å². The van der Waals surface area contributed by atoms with Crippen molar-refractivity contribution in [1.82, 2.24) is 10.2 Å². The minimum Gasteiger partial charge on any atom is -0.478 e. The van der Waals surface area contributed by atoms with Gasteiger partial charge in [0, 0.05) is 0 Å². The summed E-state index contributed by atoms with van der Waals surface area (Å²) in [4.78, 5) is 0. The Morgan fingerprint density at radius 1 is 1.47 bits per heavy atom. The quantitative estimate of drug-likeness (QED) is 0.816. The summed E-state index contributed by atoms with van der Waals surface area (Å²) in [6.07, 6.45) is 2.20. The molecule has 2 aromatic rings. The van der Waals surface area contributed by atoms with Gasteiger partial charge in [-0.15, -0.1) is 5.10 Å². The Morgan fingerprint density at radius 2 is 2.33 bits per heavy atom. The van der Waals surface area contributed by atoms with Crippen LogP contribution in [-0.2, 0) is 6.42 Å². The first kappa shape index (κ1) is 9.51. The van der Waals surface area contributed by atoms with Crippen LogP contribution in [0, 0.1) is 0 Å². The number of furan rings is 1. The third kappa shape index (κ3) is 2.07. The summed E-state index contributed by atoms with van der Waals surface area (Å²) in [6, 6.07) is 5.44. The standard InChI is InChI=1S/C10H11N3O2/c1-14-10-9(11)6-7(12-13-10)5-8-3-2-4-15-8/h2-4,6H,5H2,1H3,(H2,11,12). The Kier molecular flexibility index (Phi) is 2.53. The lowest BCUT2D eigenvalue weighted by Gasteiger charge is -2.03. The highest BCUT2D eigenvalue weighted by molar-refractivity contribution is 5.47. The Hall–Kier alpha value is -2.04. The van der Waals surface area contributed by atoms with E-state index in [0.29, 0.717) is 18.0 Å². The van der Waals surface area contributed by atoms with Crippen LogP contribution in [-0.4, -0.2) is 17.3 Å². The highest BCUT2D eigenvalue weighted by Gasteiger charge is 2.05. The van der Waals surface area contributed by atoms with Crippen molar-refractivity contribution in [2.45, 2.75) is 6.42 Å². The van der Waals surface area contributed by atoms with Gasteiger partial charge >= 0.3 is 0 Å². The number of nitrogen functional groups attached to an aromatic ring is 1. The molecular formula is C10H11N3O2. The highest BCUT2D eigenvalue weighted by atomic mass is 16.5. The van der Waals surface area contributed by atoms with Gasteiger partial charge in [-0.25, -0.2) is 0 Å². The minimum absolute atomic E-state index is 0.346. The summed E-state index contributed by atoms with van der Waals surface area (Å²) in [5.74, 6) is 1.17. The summed E-state index contributed by atoms with van der Waals surface area (Å²) >= 11 is 0. The van der Waals surface area contributed by atoms with E-state index in [4.69, 9.17) is 14.9 Å². The Balaban J connectivity index is 2.20. The fourth-order valence-corrected chi connectivity index (χ4v) is 1.27. The molecule has 0 unspecified atom stereocenters. The predicted octanol–water partition coefficient (Wildman–Crippen LogP) is 1.25. The number of rotatable bonds is 3. The number of nitrogens with two attached hydrogens (primary N) is 1. The topological polar surface area (TPSA) is 74.2 Å². The zero-order valence-electron chi connectivity index (χ0n) is 8.30. The number of nitrogens with zero attached hydrogens (tertiary/aromatic N) is 2. The van der Waals surface area contributed by atoms with Gasteiger partial charge in [0.1, 0.15) is 5.76 Å². The smallest absolute Gasteiger partial charge is 0.256 e. The fraction of sp³-hybridized carbons (Fsp3) is 0.200. The van der Waals surface area contributed by atoms with E-state index >= 15 is 0 Å². The van der Waals surface area contributed by atoms with Crippen LogP contribution in [0.5, 0.6) is 5.88 Å². The minimum atomic E-state index is 0.346. The third-order valence-electron chi connectivity index (χ3n) is 1.97. The van der Waals surface area contributed by atoms with E-state index in [1.165, 1.54) is 7.11 Å². The number of aromatic nitrogens is 2. The van der Waals surface area contributed by atoms with E-state index in [0.717, 1.165) is 11.5 Å². The van der Waals surface area contributed by atoms with Crippen LogP contribution in [0.2, 0.25) is 0 Å². The van der Waals surface area contributed by atoms with E-state index in [2.05, 4.69) is 10.2 Å². The van der Waals surface area contributed by atoms with Crippen molar-refractivity contribution >= 4 is 5.69 Å². The zero-order valence-corrected chi connectivity index (χ0v) is 8.30. The second kappa shape index (κ2) is 4.00. The molecule has 0 fully saturated rings. The molecule has 2 N–H and O–H groups in total. The van der Waals surface area contributed by atoms with E-state index < -0.39 is 0 Å². The molecule has 2 rings (SSSR count). The van der Waals surface area contributed by atoms with Gasteiger partial charge in [-0.2, -0.15) is 5.10 Å². The van der Waals surface area contributed by atoms with Gasteiger partial charge in [0.05, 0.1) is 31.2 Å². The fourth-order valence-electron chi connectivity index (χ4n) is 1.27. The number of methoxy groups -OCH3 is 1. The molecule has 0 saturated heterocycles. The van der Waals surface area contributed by atoms with Gasteiger partial charge in [-0.1, -0.05) is 0 Å². The van der Waals surface area contributed by atoms with Crippen LogP contribution in [0.15, 0.2) is 28.9 Å². The summed E-state index contributed by atoms with van der Waals surface area (Å²) in [6.45, 7) is 0. The molecule has 5 nitrogen and oxygen atoms in total. The molecule has 2 aromatic heterocycles. The van der Waals surface area contributed by atoms with Crippen molar-refractivity contribution in [3.63, 3.8) is 0 Å². The van der Waals surface area contributed by atoms with Crippen LogP contribution in [0.1, 0.15) is 11.5 Å². The molecule has 0 amide bonds. The van der Waals surface area contributed by atoms with Gasteiger partial charge in [0.25, 0.3) is 5.88 Å². The SMILES string of the molecule is COc1nnc(Cc2ccco2)cc1N. The lowest BCUT2D eigenvalue weighted by molar-refractivity contribution is 0.393. The van der Waals surface area contributed by atoms with Crippen LogP contribution in [0.4, 0.5) is 5.69 Å². The summed E-state index contributed by atoms with van der Waals surface area (Å²) in [5, 5.41) is 7.81. The first-order valence-corrected chi connectivity index (χ1v) is 4.48. The monoisotopic (exact) mass is 205 g/mol. The zero-order chi connectivity index (χ0) is 10.7. The number of ether oxygens (including phenoxy) is 1. The van der Waals surface area contributed by atoms with E-state index in [-0.39, 0.29) is 0 Å². The van der Waals surface area contributed by atoms with Gasteiger partial charge in [0.2, 0.25) is 0 Å². The molecule has 0 aliphatic heterocycles. The van der Waals surface area contributed by atoms with Crippen molar-refractivity contribution in [2.75, 3.05) is 12.8 Å². The molecule has 0 bridgehead atoms. The molecule has 0 saturated carbocycles. The lowest BCUT2D eigenvalue weighted by Crippen LogP contribution is -2.01. The largest absolute Gasteiger partial charge is 0.478 e. The Morgan fingerprint density at radius 3 is 2.93 bits per heavy atom. The van der Waals surface area contributed by atoms with Crippen LogP contribution < -0.4 is 10.5 Å². The summed E-state index contributed by atoms with van der Waals surface area (Å²) in [7, 11) is 1.51. The predicted molar refractivity (Wildman–Crippen MR) is 54.5 cm³/mol. The van der Waals surface area contributed by atoms with Gasteiger partial charge < -0.3 is 14.9 Å². The van der Waals surface area contributed by atoms with Gasteiger partial charge in [0.15, 0.2) is 0 Å². The molecule has 15 heavy (non-hydrogen) atoms. The van der Waals surface area contributed by atoms with E-state index in [1.54, 1.807) is 12.3 Å². The number of hydrogen-bond donors (Lipinski definition) is 1. The molecule has 0 aliphatic rings. The lowest BCUT2D eigenvalue weighted by atomic mass is 10.2. The molecule has 0 aliphatic carbocycles. The van der Waals surface area contributed by atoms with Crippen LogP contribution in [0.3, 0.4) is 0 Å². The maximum atomic E-state index is 5.70. The third-order valence-corrected chi connectivity index (χ3v) is 1.97. The highest BCUT2D eigenvalue weighted by Crippen LogP contribution is 2.18. The normalized spacial score (nSPS) is 10.2. The van der Waals surface area contributed by atoms with Gasteiger partial charge in [-0.3, -0.25) is 0 Å². The molecule has 0 spiro atoms. The van der Waals surface area contributed by atoms with E-state index in [1.807, 2.05) is 12.1 Å². The first-order valence-electron chi connectivity index (χ1n) is 4.48. The maximum Gasteiger partial charge on any atom is 0.256 e. The molecule has 0 atom stereocenters.